The number of hydrogen-bond donors (Lipinski definition) is 2. The Morgan fingerprint density at radius 3 is 2.78 bits per heavy atom. The Morgan fingerprint density at radius 2 is 2.17 bits per heavy atom. The van der Waals surface area contributed by atoms with E-state index in [0.29, 0.717) is 18.9 Å². The number of hydrogen-bond acceptors (Lipinski definition) is 2. The molecule has 1 aliphatic rings. The molecule has 0 bridgehead atoms. The molecule has 0 aromatic carbocycles. The molecule has 1 aromatic rings. The molecule has 0 amide bonds. The van der Waals surface area contributed by atoms with Gasteiger partial charge >= 0.3 is 0 Å². The van der Waals surface area contributed by atoms with Gasteiger partial charge in [0.15, 0.2) is 11.8 Å². The van der Waals surface area contributed by atoms with Crippen molar-refractivity contribution in [1.82, 2.24) is 4.57 Å². The monoisotopic (exact) mass is 247 g/mol. The van der Waals surface area contributed by atoms with E-state index >= 15 is 0 Å². The summed E-state index contributed by atoms with van der Waals surface area (Å²) < 4.78 is 1.53. The van der Waals surface area contributed by atoms with Gasteiger partial charge in [-0.3, -0.25) is 4.57 Å². The predicted octanol–water partition coefficient (Wildman–Crippen LogP) is 3.33. The lowest BCUT2D eigenvalue weighted by molar-refractivity contribution is 0.374. The molecule has 1 aliphatic carbocycles. The number of nitrogens with zero attached hydrogens (tertiary/aromatic N) is 1. The zero-order valence-electron chi connectivity index (χ0n) is 11.1. The fourth-order valence-corrected chi connectivity index (χ4v) is 2.71. The Kier molecular flexibility index (Phi) is 3.50. The molecular weight excluding hydrogens is 226 g/mol. The minimum Gasteiger partial charge on any atom is -0.494 e. The van der Waals surface area contributed by atoms with E-state index in [9.17, 15) is 10.2 Å². The first kappa shape index (κ1) is 12.8. The largest absolute Gasteiger partial charge is 0.494 e. The van der Waals surface area contributed by atoms with Gasteiger partial charge in [0, 0.05) is 23.6 Å². The van der Waals surface area contributed by atoms with Gasteiger partial charge in [0.05, 0.1) is 0 Å². The molecule has 0 spiro atoms. The van der Waals surface area contributed by atoms with E-state index in [0.717, 1.165) is 17.5 Å². The van der Waals surface area contributed by atoms with Crippen molar-refractivity contribution < 1.29 is 10.2 Å². The van der Waals surface area contributed by atoms with Crippen LogP contribution in [0, 0.1) is 5.92 Å². The summed E-state index contributed by atoms with van der Waals surface area (Å²) in [5.41, 5.74) is 1.76. The first-order chi connectivity index (χ1) is 8.56. The molecule has 2 N–H and O–H groups in total. The van der Waals surface area contributed by atoms with Crippen LogP contribution in [-0.2, 0) is 13.0 Å². The summed E-state index contributed by atoms with van der Waals surface area (Å²) in [4.78, 5) is 0. The standard InChI is InChI=1S/C15H21NO2/c1-4-8-16-14(17)12-7-5-6-11(9-10(2)3)13(12)15(16)18/h4-6,10-11,17-18H,1,7-9H2,2-3H3. The Morgan fingerprint density at radius 1 is 1.44 bits per heavy atom. The van der Waals surface area contributed by atoms with E-state index in [4.69, 9.17) is 0 Å². The lowest BCUT2D eigenvalue weighted by Gasteiger charge is -2.19. The van der Waals surface area contributed by atoms with Gasteiger partial charge in [-0.2, -0.15) is 0 Å². The van der Waals surface area contributed by atoms with Gasteiger partial charge in [-0.05, 0) is 18.8 Å². The molecule has 1 unspecified atom stereocenters. The second-order valence-corrected chi connectivity index (χ2v) is 5.31. The van der Waals surface area contributed by atoms with Gasteiger partial charge in [0.2, 0.25) is 0 Å². The van der Waals surface area contributed by atoms with Crippen molar-refractivity contribution in [2.24, 2.45) is 5.92 Å². The van der Waals surface area contributed by atoms with Gasteiger partial charge in [-0.25, -0.2) is 0 Å². The molecule has 3 nitrogen and oxygen atoms in total. The third-order valence-corrected chi connectivity index (χ3v) is 3.45. The SMILES string of the molecule is C=CCn1c(O)c2c(c1O)C(CC(C)C)C=CC2. The summed E-state index contributed by atoms with van der Waals surface area (Å²) in [5.74, 6) is 1.12. The van der Waals surface area contributed by atoms with E-state index in [2.05, 4.69) is 32.6 Å². The van der Waals surface area contributed by atoms with Crippen molar-refractivity contribution in [2.75, 3.05) is 0 Å². The van der Waals surface area contributed by atoms with Gasteiger partial charge in [0.1, 0.15) is 0 Å². The van der Waals surface area contributed by atoms with E-state index in [1.54, 1.807) is 6.08 Å². The summed E-state index contributed by atoms with van der Waals surface area (Å²) in [5, 5.41) is 20.5. The summed E-state index contributed by atoms with van der Waals surface area (Å²) in [7, 11) is 0. The number of allylic oxidation sites excluding steroid dienone is 3. The first-order valence-electron chi connectivity index (χ1n) is 6.47. The van der Waals surface area contributed by atoms with Gasteiger partial charge < -0.3 is 10.2 Å². The predicted molar refractivity (Wildman–Crippen MR) is 73.0 cm³/mol. The van der Waals surface area contributed by atoms with Crippen LogP contribution >= 0.6 is 0 Å². The first-order valence-corrected chi connectivity index (χ1v) is 6.47. The Labute approximate surface area is 108 Å². The van der Waals surface area contributed by atoms with E-state index in [1.165, 1.54) is 4.57 Å². The molecule has 0 aliphatic heterocycles. The molecule has 98 valence electrons. The van der Waals surface area contributed by atoms with E-state index < -0.39 is 0 Å². The molecule has 0 radical (unpaired) electrons. The molecule has 1 atom stereocenters. The summed E-state index contributed by atoms with van der Waals surface area (Å²) in [6.07, 6.45) is 7.56. The smallest absolute Gasteiger partial charge is 0.198 e. The van der Waals surface area contributed by atoms with Crippen molar-refractivity contribution in [3.63, 3.8) is 0 Å². The van der Waals surface area contributed by atoms with Gasteiger partial charge in [-0.1, -0.05) is 32.1 Å². The maximum atomic E-state index is 10.3. The third kappa shape index (κ3) is 2.05. The van der Waals surface area contributed by atoms with Crippen LogP contribution < -0.4 is 0 Å². The fourth-order valence-electron chi connectivity index (χ4n) is 2.71. The highest BCUT2D eigenvalue weighted by Gasteiger charge is 2.28. The van der Waals surface area contributed by atoms with Crippen LogP contribution in [0.5, 0.6) is 11.8 Å². The zero-order chi connectivity index (χ0) is 13.3. The van der Waals surface area contributed by atoms with Crippen molar-refractivity contribution in [1.29, 1.82) is 0 Å². The lowest BCUT2D eigenvalue weighted by Crippen LogP contribution is -2.05. The minimum absolute atomic E-state index is 0.181. The topological polar surface area (TPSA) is 45.4 Å². The van der Waals surface area contributed by atoms with Crippen LogP contribution in [0.1, 0.15) is 37.3 Å². The maximum Gasteiger partial charge on any atom is 0.198 e. The van der Waals surface area contributed by atoms with Crippen molar-refractivity contribution in [3.05, 3.63) is 35.9 Å². The highest BCUT2D eigenvalue weighted by molar-refractivity contribution is 5.52. The molecule has 2 rings (SSSR count). The van der Waals surface area contributed by atoms with Crippen molar-refractivity contribution in [3.8, 4) is 11.8 Å². The zero-order valence-corrected chi connectivity index (χ0v) is 11.1. The van der Waals surface area contributed by atoms with Crippen molar-refractivity contribution >= 4 is 0 Å². The van der Waals surface area contributed by atoms with Gasteiger partial charge in [0.25, 0.3) is 0 Å². The van der Waals surface area contributed by atoms with Gasteiger partial charge in [-0.15, -0.1) is 6.58 Å². The van der Waals surface area contributed by atoms with Crippen LogP contribution in [0.2, 0.25) is 0 Å². The second kappa shape index (κ2) is 4.92. The summed E-state index contributed by atoms with van der Waals surface area (Å²) >= 11 is 0. The average molecular weight is 247 g/mol. The molecule has 1 aromatic heterocycles. The van der Waals surface area contributed by atoms with Crippen LogP contribution in [0.4, 0.5) is 0 Å². The van der Waals surface area contributed by atoms with Crippen LogP contribution in [0.15, 0.2) is 24.8 Å². The number of rotatable bonds is 4. The lowest BCUT2D eigenvalue weighted by atomic mass is 9.85. The maximum absolute atomic E-state index is 10.3. The molecule has 0 fully saturated rings. The molecule has 3 heteroatoms. The quantitative estimate of drug-likeness (QED) is 0.802. The summed E-state index contributed by atoms with van der Waals surface area (Å²) in [6, 6.07) is 0. The number of aromatic hydroxyl groups is 2. The van der Waals surface area contributed by atoms with Crippen LogP contribution in [0.3, 0.4) is 0 Å². The fraction of sp³-hybridized carbons (Fsp3) is 0.467. The van der Waals surface area contributed by atoms with Crippen molar-refractivity contribution in [2.45, 2.75) is 39.2 Å². The summed E-state index contributed by atoms with van der Waals surface area (Å²) in [6.45, 7) is 8.42. The van der Waals surface area contributed by atoms with E-state index in [-0.39, 0.29) is 17.7 Å². The average Bonchev–Trinajstić information content (AvgIpc) is 2.55. The Hall–Kier alpha value is -1.64. The normalized spacial score (nSPS) is 18.1. The molecule has 0 saturated carbocycles. The molecular formula is C15H21NO2. The third-order valence-electron chi connectivity index (χ3n) is 3.45. The van der Waals surface area contributed by atoms with E-state index in [1.807, 2.05) is 0 Å². The minimum atomic E-state index is 0.181. The molecule has 1 heterocycles. The van der Waals surface area contributed by atoms with Crippen LogP contribution in [-0.4, -0.2) is 14.8 Å². The number of fused-ring (bicyclic) bond motifs is 1. The highest BCUT2D eigenvalue weighted by Crippen LogP contribution is 2.44. The Bertz CT molecular complexity index is 483. The highest BCUT2D eigenvalue weighted by atomic mass is 16.3. The molecule has 18 heavy (non-hydrogen) atoms. The molecule has 0 saturated heterocycles. The second-order valence-electron chi connectivity index (χ2n) is 5.31. The Balaban J connectivity index is 2.46. The number of aromatic nitrogens is 1. The van der Waals surface area contributed by atoms with Crippen LogP contribution in [0.25, 0.3) is 0 Å².